The molecule has 0 amide bonds. The van der Waals surface area contributed by atoms with Crippen molar-refractivity contribution in [2.75, 3.05) is 0 Å². The Morgan fingerprint density at radius 1 is 1.20 bits per heavy atom. The summed E-state index contributed by atoms with van der Waals surface area (Å²) >= 11 is 0. The molecule has 5 heteroatoms. The zero-order valence-corrected chi connectivity index (χ0v) is 4.65. The number of nitrogens with one attached hydrogen (secondary N) is 1. The van der Waals surface area contributed by atoms with Crippen molar-refractivity contribution in [2.45, 2.75) is 0 Å². The van der Waals surface area contributed by atoms with Gasteiger partial charge in [0.05, 0.1) is 0 Å². The van der Waals surface area contributed by atoms with Crippen molar-refractivity contribution in [2.24, 2.45) is 0 Å². The van der Waals surface area contributed by atoms with Gasteiger partial charge in [0.2, 0.25) is 0 Å². The Morgan fingerprint density at radius 2 is 1.60 bits per heavy atom. The van der Waals surface area contributed by atoms with Crippen LogP contribution in [0, 0.1) is 0 Å². The summed E-state index contributed by atoms with van der Waals surface area (Å²) in [5, 5.41) is 0. The molecule has 0 fully saturated rings. The smallest absolute Gasteiger partial charge is 0.126 e. The van der Waals surface area contributed by atoms with Crippen molar-refractivity contribution in [3.8, 4) is 0 Å². The molecule has 1 N–H and O–H groups in total. The maximum absolute atomic E-state index is 4.98. The Bertz CT molecular complexity index is 15.1. The summed E-state index contributed by atoms with van der Waals surface area (Å²) in [6.45, 7) is 0. The predicted octanol–water partition coefficient (Wildman–Crippen LogP) is -0.0700. The Labute approximate surface area is 38.1 Å². The van der Waals surface area contributed by atoms with Crippen molar-refractivity contribution in [1.29, 1.82) is 0 Å². The quantitative estimate of drug-likeness (QED) is 0.379. The third-order valence-electron chi connectivity index (χ3n) is 0.144. The first-order valence-electron chi connectivity index (χ1n) is 1.08. The number of hydrogen-bond donors (Lipinski definition) is 1. The van der Waals surface area contributed by atoms with Gasteiger partial charge < -0.3 is 0 Å². The average molecular weight is 101 g/mol. The second-order valence-electron chi connectivity index (χ2n) is 0.414. The normalized spacial score (nSPS) is 12.8. The van der Waals surface area contributed by atoms with E-state index in [1.165, 1.54) is 0 Å². The van der Waals surface area contributed by atoms with Gasteiger partial charge in [-0.25, -0.2) is 0 Å². The molecular formula is H3B2NP2. The van der Waals surface area contributed by atoms with Crippen LogP contribution in [0.15, 0.2) is 0 Å². The SMILES string of the molecule is [B]PNP[B]. The fraction of sp³-hybridized carbons (Fsp3) is 0. The van der Waals surface area contributed by atoms with Crippen molar-refractivity contribution < 1.29 is 0 Å². The first kappa shape index (κ1) is 5.95. The molecule has 24 valence electrons. The highest BCUT2D eigenvalue weighted by Gasteiger charge is 1.62. The molecule has 0 aliphatic carbocycles. The van der Waals surface area contributed by atoms with Crippen LogP contribution in [0.25, 0.3) is 0 Å². The molecule has 5 heavy (non-hydrogen) atoms. The zero-order chi connectivity index (χ0) is 4.12. The van der Waals surface area contributed by atoms with E-state index in [9.17, 15) is 0 Å². The van der Waals surface area contributed by atoms with E-state index in [1.807, 2.05) is 0 Å². The van der Waals surface area contributed by atoms with E-state index in [-0.39, 0.29) is 0 Å². The third kappa shape index (κ3) is 4.95. The Hall–Kier alpha value is 0.950. The van der Waals surface area contributed by atoms with Crippen molar-refractivity contribution in [1.82, 2.24) is 4.86 Å². The van der Waals surface area contributed by atoms with Gasteiger partial charge >= 0.3 is 0 Å². The Kier molecular flexibility index (Phi) is 5.89. The summed E-state index contributed by atoms with van der Waals surface area (Å²) in [5.41, 5.74) is 0. The number of rotatable bonds is 2. The van der Waals surface area contributed by atoms with Gasteiger partial charge in [0.25, 0.3) is 0 Å². The van der Waals surface area contributed by atoms with Crippen LogP contribution >= 0.6 is 17.2 Å². The molecule has 2 atom stereocenters. The van der Waals surface area contributed by atoms with Crippen molar-refractivity contribution in [3.63, 3.8) is 0 Å². The van der Waals surface area contributed by atoms with Gasteiger partial charge in [-0.2, -0.15) is 0 Å². The zero-order valence-electron chi connectivity index (χ0n) is 2.65. The molecule has 2 unspecified atom stereocenters. The summed E-state index contributed by atoms with van der Waals surface area (Å²) in [6, 6.07) is 0. The highest BCUT2D eigenvalue weighted by Crippen LogP contribution is 2.02. The minimum atomic E-state index is 0.295. The van der Waals surface area contributed by atoms with Crippen LogP contribution in [-0.4, -0.2) is 15.1 Å². The molecule has 0 saturated heterocycles. The van der Waals surface area contributed by atoms with E-state index in [0.717, 1.165) is 0 Å². The van der Waals surface area contributed by atoms with E-state index in [4.69, 9.17) is 15.1 Å². The second-order valence-corrected chi connectivity index (χ2v) is 1.99. The minimum absolute atomic E-state index is 0.295. The van der Waals surface area contributed by atoms with E-state index in [1.54, 1.807) is 0 Å². The first-order chi connectivity index (χ1) is 2.41. The largest absolute Gasteiger partial charge is 0.299 e. The summed E-state index contributed by atoms with van der Waals surface area (Å²) in [4.78, 5) is 2.72. The summed E-state index contributed by atoms with van der Waals surface area (Å²) in [5.74, 6) is 0. The summed E-state index contributed by atoms with van der Waals surface area (Å²) < 4.78 is 0. The van der Waals surface area contributed by atoms with E-state index in [2.05, 4.69) is 4.86 Å². The third-order valence-corrected chi connectivity index (χ3v) is 1.30. The van der Waals surface area contributed by atoms with Crippen LogP contribution < -0.4 is 4.86 Å². The molecule has 4 radical (unpaired) electrons. The van der Waals surface area contributed by atoms with E-state index in [0.29, 0.717) is 17.2 Å². The lowest BCUT2D eigenvalue weighted by Gasteiger charge is -1.87. The predicted molar refractivity (Wildman–Crippen MR) is 31.3 cm³/mol. The molecule has 0 aromatic rings. The second kappa shape index (κ2) is 4.95. The van der Waals surface area contributed by atoms with E-state index < -0.39 is 0 Å². The lowest BCUT2D eigenvalue weighted by atomic mass is 10.8. The fourth-order valence-corrected chi connectivity index (χ4v) is 0.375. The van der Waals surface area contributed by atoms with Gasteiger partial charge in [-0.05, 0) is 0 Å². The molecule has 0 bridgehead atoms. The van der Waals surface area contributed by atoms with E-state index >= 15 is 0 Å². The van der Waals surface area contributed by atoms with Crippen LogP contribution in [0.4, 0.5) is 0 Å². The molecule has 0 aromatic heterocycles. The van der Waals surface area contributed by atoms with Gasteiger partial charge in [-0.3, -0.25) is 4.86 Å². The Balaban J connectivity index is 2.19. The Morgan fingerprint density at radius 3 is 1.60 bits per heavy atom. The topological polar surface area (TPSA) is 12.0 Å². The van der Waals surface area contributed by atoms with Crippen molar-refractivity contribution >= 4 is 32.4 Å². The lowest BCUT2D eigenvalue weighted by Crippen LogP contribution is -1.76. The molecule has 0 rings (SSSR count). The summed E-state index contributed by atoms with van der Waals surface area (Å²) in [7, 11) is 10.6. The molecule has 0 aliphatic heterocycles. The highest BCUT2D eigenvalue weighted by atomic mass is 31.1. The molecule has 0 aliphatic rings. The molecular weight excluding hydrogens is 97.6 g/mol. The maximum Gasteiger partial charge on any atom is 0.126 e. The van der Waals surface area contributed by atoms with Crippen LogP contribution in [-0.2, 0) is 0 Å². The van der Waals surface area contributed by atoms with Crippen LogP contribution in [0.1, 0.15) is 0 Å². The molecule has 0 saturated carbocycles. The van der Waals surface area contributed by atoms with Gasteiger partial charge in [0.15, 0.2) is 0 Å². The molecule has 0 aromatic carbocycles. The lowest BCUT2D eigenvalue weighted by molar-refractivity contribution is 1.77. The van der Waals surface area contributed by atoms with Crippen LogP contribution in [0.2, 0.25) is 0 Å². The minimum Gasteiger partial charge on any atom is -0.299 e. The maximum atomic E-state index is 4.98. The standard InChI is InChI=1S/B2H3NP2/c1-4-3-5-2/h3-5H. The highest BCUT2D eigenvalue weighted by molar-refractivity contribution is 7.77. The molecule has 0 heterocycles. The van der Waals surface area contributed by atoms with Gasteiger partial charge in [0.1, 0.15) is 15.1 Å². The summed E-state index contributed by atoms with van der Waals surface area (Å²) in [6.07, 6.45) is 0. The van der Waals surface area contributed by atoms with Gasteiger partial charge in [-0.1, -0.05) is 0 Å². The van der Waals surface area contributed by atoms with Gasteiger partial charge in [0, 0.05) is 0 Å². The monoisotopic (exact) mass is 101 g/mol. The first-order valence-corrected chi connectivity index (χ1v) is 3.23. The number of hydrogen-bond acceptors (Lipinski definition) is 1. The van der Waals surface area contributed by atoms with Crippen LogP contribution in [0.3, 0.4) is 0 Å². The fourth-order valence-electron chi connectivity index (χ4n) is 0.0417. The van der Waals surface area contributed by atoms with Crippen molar-refractivity contribution in [3.05, 3.63) is 0 Å². The molecule has 0 spiro atoms. The average Bonchev–Trinajstić information content (AvgIpc) is 1.41. The van der Waals surface area contributed by atoms with Gasteiger partial charge in [-0.15, -0.1) is 17.2 Å². The van der Waals surface area contributed by atoms with Crippen LogP contribution in [0.5, 0.6) is 0 Å². The molecule has 1 nitrogen and oxygen atoms in total.